The van der Waals surface area contributed by atoms with Gasteiger partial charge in [-0.25, -0.2) is 0 Å². The molecule has 0 fully saturated rings. The number of rotatable bonds is 3. The molecular formula is C16H21ClO. The van der Waals surface area contributed by atoms with E-state index in [-0.39, 0.29) is 5.38 Å². The van der Waals surface area contributed by atoms with Gasteiger partial charge in [0.2, 0.25) is 0 Å². The van der Waals surface area contributed by atoms with E-state index in [0.717, 1.165) is 25.0 Å². The van der Waals surface area contributed by atoms with Crippen LogP contribution in [0.3, 0.4) is 0 Å². The molecule has 1 aromatic carbocycles. The van der Waals surface area contributed by atoms with Gasteiger partial charge in [-0.15, -0.1) is 11.6 Å². The summed E-state index contributed by atoms with van der Waals surface area (Å²) in [7, 11) is 1.71. The maximum absolute atomic E-state index is 6.32. The highest BCUT2D eigenvalue weighted by molar-refractivity contribution is 6.21. The van der Waals surface area contributed by atoms with Crippen molar-refractivity contribution in [1.29, 1.82) is 0 Å². The van der Waals surface area contributed by atoms with Gasteiger partial charge in [0.05, 0.1) is 12.5 Å². The molecule has 2 rings (SSSR count). The zero-order valence-corrected chi connectivity index (χ0v) is 12.1. The third-order valence-corrected chi connectivity index (χ3v) is 3.72. The molecule has 1 aliphatic rings. The molecule has 98 valence electrons. The molecular weight excluding hydrogens is 244 g/mol. The Morgan fingerprint density at radius 1 is 1.39 bits per heavy atom. The summed E-state index contributed by atoms with van der Waals surface area (Å²) in [4.78, 5) is 0. The number of hydrogen-bond acceptors (Lipinski definition) is 1. The van der Waals surface area contributed by atoms with E-state index in [4.69, 9.17) is 16.3 Å². The maximum atomic E-state index is 6.32. The molecule has 1 aliphatic carbocycles. The topological polar surface area (TPSA) is 9.23 Å². The number of allylic oxidation sites excluding steroid dienone is 2. The van der Waals surface area contributed by atoms with Crippen LogP contribution in [0.25, 0.3) is 0 Å². The summed E-state index contributed by atoms with van der Waals surface area (Å²) in [5, 5.41) is 0.175. The van der Waals surface area contributed by atoms with E-state index in [1.165, 1.54) is 11.1 Å². The van der Waals surface area contributed by atoms with Gasteiger partial charge in [-0.3, -0.25) is 0 Å². The van der Waals surface area contributed by atoms with E-state index in [9.17, 15) is 0 Å². The van der Waals surface area contributed by atoms with Gasteiger partial charge in [0.1, 0.15) is 5.75 Å². The van der Waals surface area contributed by atoms with Gasteiger partial charge in [0.25, 0.3) is 0 Å². The zero-order chi connectivity index (χ0) is 13.2. The molecule has 1 nitrogen and oxygen atoms in total. The number of ether oxygens (including phenoxy) is 1. The van der Waals surface area contributed by atoms with Crippen LogP contribution >= 0.6 is 11.6 Å². The van der Waals surface area contributed by atoms with Crippen molar-refractivity contribution in [2.24, 2.45) is 5.41 Å². The molecule has 0 saturated carbocycles. The Kier molecular flexibility index (Phi) is 4.01. The van der Waals surface area contributed by atoms with Crippen LogP contribution in [0.2, 0.25) is 0 Å². The minimum absolute atomic E-state index is 0.175. The van der Waals surface area contributed by atoms with Gasteiger partial charge in [-0.1, -0.05) is 37.6 Å². The van der Waals surface area contributed by atoms with Gasteiger partial charge in [-0.05, 0) is 42.4 Å². The van der Waals surface area contributed by atoms with E-state index in [0.29, 0.717) is 5.41 Å². The number of halogens is 1. The van der Waals surface area contributed by atoms with Gasteiger partial charge < -0.3 is 4.74 Å². The molecule has 1 atom stereocenters. The van der Waals surface area contributed by atoms with Crippen molar-refractivity contribution in [1.82, 2.24) is 0 Å². The molecule has 1 unspecified atom stereocenters. The number of alkyl halides is 1. The summed E-state index contributed by atoms with van der Waals surface area (Å²) in [5.41, 5.74) is 3.05. The van der Waals surface area contributed by atoms with Crippen molar-refractivity contribution in [3.05, 3.63) is 41.5 Å². The van der Waals surface area contributed by atoms with Crippen LogP contribution in [-0.2, 0) is 6.42 Å². The summed E-state index contributed by atoms with van der Waals surface area (Å²) < 4.78 is 5.26. The highest BCUT2D eigenvalue weighted by Crippen LogP contribution is 2.38. The van der Waals surface area contributed by atoms with Gasteiger partial charge in [0.15, 0.2) is 0 Å². The first-order chi connectivity index (χ1) is 8.48. The van der Waals surface area contributed by atoms with E-state index in [1.807, 2.05) is 12.1 Å². The third kappa shape index (κ3) is 3.52. The van der Waals surface area contributed by atoms with Crippen LogP contribution in [0.4, 0.5) is 0 Å². The molecule has 0 amide bonds. The summed E-state index contributed by atoms with van der Waals surface area (Å²) >= 11 is 6.32. The lowest BCUT2D eigenvalue weighted by Crippen LogP contribution is -2.22. The fourth-order valence-corrected chi connectivity index (χ4v) is 3.35. The van der Waals surface area contributed by atoms with E-state index in [1.54, 1.807) is 7.11 Å². The van der Waals surface area contributed by atoms with Crippen molar-refractivity contribution >= 4 is 11.6 Å². The normalized spacial score (nSPS) is 22.4. The smallest absolute Gasteiger partial charge is 0.119 e. The maximum Gasteiger partial charge on any atom is 0.119 e. The number of hydrogen-bond donors (Lipinski definition) is 0. The van der Waals surface area contributed by atoms with E-state index in [2.05, 4.69) is 32.1 Å². The first-order valence-electron chi connectivity index (χ1n) is 6.45. The minimum Gasteiger partial charge on any atom is -0.497 e. The Bertz CT molecular complexity index is 448. The van der Waals surface area contributed by atoms with Crippen LogP contribution in [0.5, 0.6) is 5.75 Å². The Labute approximate surface area is 115 Å². The first-order valence-corrected chi connectivity index (χ1v) is 6.89. The Morgan fingerprint density at radius 3 is 2.83 bits per heavy atom. The summed E-state index contributed by atoms with van der Waals surface area (Å²) in [6.45, 7) is 4.59. The van der Waals surface area contributed by atoms with Crippen LogP contribution in [-0.4, -0.2) is 12.5 Å². The van der Waals surface area contributed by atoms with Crippen molar-refractivity contribution < 1.29 is 4.74 Å². The van der Waals surface area contributed by atoms with E-state index >= 15 is 0 Å². The molecule has 0 spiro atoms. The lowest BCUT2D eigenvalue weighted by atomic mass is 9.76. The van der Waals surface area contributed by atoms with Crippen molar-refractivity contribution in [3.63, 3.8) is 0 Å². The lowest BCUT2D eigenvalue weighted by molar-refractivity contribution is 0.320. The highest BCUT2D eigenvalue weighted by Gasteiger charge is 2.27. The second-order valence-electron chi connectivity index (χ2n) is 5.91. The third-order valence-electron chi connectivity index (χ3n) is 3.44. The average Bonchev–Trinajstić information content (AvgIpc) is 2.26. The molecule has 0 saturated heterocycles. The molecule has 0 bridgehead atoms. The largest absolute Gasteiger partial charge is 0.497 e. The SMILES string of the molecule is COc1cccc(CC2=CC(Cl)CC(C)(C)C2)c1. The van der Waals surface area contributed by atoms with Gasteiger partial charge in [0, 0.05) is 0 Å². The number of benzene rings is 1. The predicted molar refractivity (Wildman–Crippen MR) is 77.4 cm³/mol. The zero-order valence-electron chi connectivity index (χ0n) is 11.4. The first kappa shape index (κ1) is 13.5. The van der Waals surface area contributed by atoms with Crippen molar-refractivity contribution in [2.45, 2.75) is 38.5 Å². The monoisotopic (exact) mass is 264 g/mol. The molecule has 0 heterocycles. The van der Waals surface area contributed by atoms with Gasteiger partial charge in [-0.2, -0.15) is 0 Å². The van der Waals surface area contributed by atoms with E-state index < -0.39 is 0 Å². The minimum atomic E-state index is 0.175. The average molecular weight is 265 g/mol. The molecule has 2 heteroatoms. The Morgan fingerprint density at radius 2 is 2.17 bits per heavy atom. The Hall–Kier alpha value is -0.950. The van der Waals surface area contributed by atoms with Crippen LogP contribution in [0, 0.1) is 5.41 Å². The summed E-state index contributed by atoms with van der Waals surface area (Å²) in [5.74, 6) is 0.922. The van der Waals surface area contributed by atoms with Crippen molar-refractivity contribution in [2.75, 3.05) is 7.11 Å². The van der Waals surface area contributed by atoms with Crippen LogP contribution < -0.4 is 4.74 Å². The second kappa shape index (κ2) is 5.36. The second-order valence-corrected chi connectivity index (χ2v) is 6.47. The fraction of sp³-hybridized carbons (Fsp3) is 0.500. The molecule has 0 aromatic heterocycles. The fourth-order valence-electron chi connectivity index (χ4n) is 2.75. The summed E-state index contributed by atoms with van der Waals surface area (Å²) in [6.07, 6.45) is 5.40. The van der Waals surface area contributed by atoms with Crippen LogP contribution in [0.1, 0.15) is 32.3 Å². The number of methoxy groups -OCH3 is 1. The molecule has 0 N–H and O–H groups in total. The van der Waals surface area contributed by atoms with Crippen molar-refractivity contribution in [3.8, 4) is 5.75 Å². The Balaban J connectivity index is 2.13. The molecule has 0 aliphatic heterocycles. The quantitative estimate of drug-likeness (QED) is 0.573. The predicted octanol–water partition coefficient (Wildman–Crippen LogP) is 4.59. The molecule has 0 radical (unpaired) electrons. The molecule has 1 aromatic rings. The lowest BCUT2D eigenvalue weighted by Gasteiger charge is -2.32. The highest BCUT2D eigenvalue weighted by atomic mass is 35.5. The standard InChI is InChI=1S/C16H21ClO/c1-16(2)10-13(8-14(17)11-16)7-12-5-4-6-15(9-12)18-3/h4-6,8-9,14H,7,10-11H2,1-3H3. The van der Waals surface area contributed by atoms with Crippen LogP contribution in [0.15, 0.2) is 35.9 Å². The molecule has 18 heavy (non-hydrogen) atoms. The summed E-state index contributed by atoms with van der Waals surface area (Å²) in [6, 6.07) is 8.27. The van der Waals surface area contributed by atoms with Gasteiger partial charge >= 0.3 is 0 Å².